The largest absolute Gasteiger partial charge is 0.456 e. The summed E-state index contributed by atoms with van der Waals surface area (Å²) < 4.78 is 8.81. The maximum atomic E-state index is 6.26. The minimum atomic E-state index is 0.895. The number of benzene rings is 9. The summed E-state index contributed by atoms with van der Waals surface area (Å²) in [7, 11) is 0. The van der Waals surface area contributed by atoms with Gasteiger partial charge in [0.25, 0.3) is 0 Å². The molecule has 55 heavy (non-hydrogen) atoms. The van der Waals surface area contributed by atoms with Crippen LogP contribution in [0.4, 0.5) is 17.1 Å². The third-order valence-electron chi connectivity index (χ3n) is 10.8. The quantitative estimate of drug-likeness (QED) is 0.170. The molecule has 0 N–H and O–H groups in total. The number of para-hydroxylation sites is 1. The SMILES string of the molecule is c1ccc(-c2ccc(N(c3cc(-c4ccc5oc6ccccc6c5c4)cc(-c4cccc5ccccc45)c3)c3cccc4c3sc3ccccc34)cc2)cc1. The van der Waals surface area contributed by atoms with Gasteiger partial charge in [0.2, 0.25) is 0 Å². The monoisotopic (exact) mass is 719 g/mol. The smallest absolute Gasteiger partial charge is 0.135 e. The highest BCUT2D eigenvalue weighted by Crippen LogP contribution is 2.47. The summed E-state index contributed by atoms with van der Waals surface area (Å²) in [5.41, 5.74) is 12.2. The van der Waals surface area contributed by atoms with E-state index in [0.29, 0.717) is 0 Å². The highest BCUT2D eigenvalue weighted by Gasteiger charge is 2.21. The molecule has 9 aromatic carbocycles. The maximum Gasteiger partial charge on any atom is 0.135 e. The molecule has 0 radical (unpaired) electrons. The first-order chi connectivity index (χ1) is 27.2. The van der Waals surface area contributed by atoms with Crippen LogP contribution in [0.5, 0.6) is 0 Å². The number of nitrogens with zero attached hydrogens (tertiary/aromatic N) is 1. The van der Waals surface area contributed by atoms with Crippen LogP contribution in [0.3, 0.4) is 0 Å². The molecule has 3 heteroatoms. The van der Waals surface area contributed by atoms with Crippen LogP contribution in [0.2, 0.25) is 0 Å². The summed E-state index contributed by atoms with van der Waals surface area (Å²) in [6, 6.07) is 72.4. The van der Waals surface area contributed by atoms with E-state index in [1.54, 1.807) is 0 Å². The number of thiophene rings is 1. The van der Waals surface area contributed by atoms with Crippen molar-refractivity contribution in [2.45, 2.75) is 0 Å². The van der Waals surface area contributed by atoms with Crippen molar-refractivity contribution in [3.8, 4) is 33.4 Å². The molecule has 0 aliphatic carbocycles. The van der Waals surface area contributed by atoms with E-state index >= 15 is 0 Å². The number of hydrogen-bond acceptors (Lipinski definition) is 3. The first-order valence-corrected chi connectivity index (χ1v) is 19.5. The average Bonchev–Trinajstić information content (AvgIpc) is 3.83. The van der Waals surface area contributed by atoms with Gasteiger partial charge in [0.1, 0.15) is 11.2 Å². The fourth-order valence-corrected chi connectivity index (χ4v) is 9.42. The lowest BCUT2D eigenvalue weighted by Gasteiger charge is -2.28. The molecule has 0 amide bonds. The molecule has 2 aromatic heterocycles. The minimum Gasteiger partial charge on any atom is -0.456 e. The van der Waals surface area contributed by atoms with E-state index in [2.05, 4.69) is 193 Å². The number of furan rings is 1. The molecule has 2 nitrogen and oxygen atoms in total. The van der Waals surface area contributed by atoms with Crippen LogP contribution in [0, 0.1) is 0 Å². The van der Waals surface area contributed by atoms with Crippen molar-refractivity contribution >= 4 is 81.3 Å². The van der Waals surface area contributed by atoms with E-state index < -0.39 is 0 Å². The van der Waals surface area contributed by atoms with Gasteiger partial charge in [-0.1, -0.05) is 140 Å². The summed E-state index contributed by atoms with van der Waals surface area (Å²) in [5.74, 6) is 0. The van der Waals surface area contributed by atoms with Crippen molar-refractivity contribution in [1.29, 1.82) is 0 Å². The van der Waals surface area contributed by atoms with E-state index in [1.165, 1.54) is 47.6 Å². The fraction of sp³-hybridized carbons (Fsp3) is 0. The fourth-order valence-electron chi connectivity index (χ4n) is 8.21. The Kier molecular flexibility index (Phi) is 7.39. The first-order valence-electron chi connectivity index (χ1n) is 18.7. The van der Waals surface area contributed by atoms with E-state index in [1.807, 2.05) is 23.5 Å². The number of anilines is 3. The Bertz CT molecular complexity index is 3200. The Balaban J connectivity index is 1.19. The molecule has 0 spiro atoms. The van der Waals surface area contributed by atoms with Crippen molar-refractivity contribution in [1.82, 2.24) is 0 Å². The second-order valence-electron chi connectivity index (χ2n) is 14.1. The zero-order valence-electron chi connectivity index (χ0n) is 29.8. The predicted octanol–water partition coefficient (Wildman–Crippen LogP) is 15.6. The molecule has 0 unspecified atom stereocenters. The zero-order chi connectivity index (χ0) is 36.3. The molecule has 0 fully saturated rings. The minimum absolute atomic E-state index is 0.895. The molecule has 258 valence electrons. The van der Waals surface area contributed by atoms with E-state index in [0.717, 1.165) is 55.7 Å². The van der Waals surface area contributed by atoms with Gasteiger partial charge in [0, 0.05) is 37.6 Å². The molecule has 11 rings (SSSR count). The first kappa shape index (κ1) is 31.6. The van der Waals surface area contributed by atoms with Gasteiger partial charge in [-0.25, -0.2) is 0 Å². The van der Waals surface area contributed by atoms with Crippen LogP contribution in [0.15, 0.2) is 205 Å². The molecule has 0 aliphatic heterocycles. The van der Waals surface area contributed by atoms with Crippen molar-refractivity contribution < 1.29 is 4.42 Å². The van der Waals surface area contributed by atoms with Crippen molar-refractivity contribution in [2.24, 2.45) is 0 Å². The van der Waals surface area contributed by atoms with Crippen LogP contribution >= 0.6 is 11.3 Å². The molecule has 11 aromatic rings. The van der Waals surface area contributed by atoms with Crippen LogP contribution in [-0.2, 0) is 0 Å². The van der Waals surface area contributed by atoms with Crippen LogP contribution in [0.25, 0.3) is 86.3 Å². The van der Waals surface area contributed by atoms with Crippen LogP contribution in [-0.4, -0.2) is 0 Å². The summed E-state index contributed by atoms with van der Waals surface area (Å²) in [5, 5.41) is 7.26. The Labute approximate surface area is 322 Å². The van der Waals surface area contributed by atoms with Gasteiger partial charge in [-0.3, -0.25) is 0 Å². The standard InChI is InChI=1S/C52H33NOS/c1-2-12-34(13-3-1)35-24-27-40(28-25-35)53(48-21-11-20-46-45-18-7-9-23-51(45)55-52(46)48)41-31-38(30-39(32-41)43-19-10-15-36-14-4-5-16-42(36)43)37-26-29-50-47(33-37)44-17-6-8-22-49(44)54-50/h1-33H. The highest BCUT2D eigenvalue weighted by atomic mass is 32.1. The second-order valence-corrected chi connectivity index (χ2v) is 15.2. The molecule has 0 saturated heterocycles. The van der Waals surface area contributed by atoms with Gasteiger partial charge in [0.15, 0.2) is 0 Å². The van der Waals surface area contributed by atoms with Gasteiger partial charge < -0.3 is 9.32 Å². The summed E-state index contributed by atoms with van der Waals surface area (Å²) in [4.78, 5) is 2.45. The Morgan fingerprint density at radius 1 is 0.364 bits per heavy atom. The maximum absolute atomic E-state index is 6.26. The third-order valence-corrected chi connectivity index (χ3v) is 12.1. The average molecular weight is 720 g/mol. The highest BCUT2D eigenvalue weighted by molar-refractivity contribution is 7.26. The predicted molar refractivity (Wildman–Crippen MR) is 235 cm³/mol. The summed E-state index contributed by atoms with van der Waals surface area (Å²) >= 11 is 1.86. The summed E-state index contributed by atoms with van der Waals surface area (Å²) in [6.45, 7) is 0. The second kappa shape index (κ2) is 12.9. The molecule has 2 heterocycles. The van der Waals surface area contributed by atoms with Gasteiger partial charge in [-0.05, 0) is 105 Å². The lowest BCUT2D eigenvalue weighted by atomic mass is 9.93. The van der Waals surface area contributed by atoms with Gasteiger partial charge in [-0.15, -0.1) is 11.3 Å². The third kappa shape index (κ3) is 5.40. The van der Waals surface area contributed by atoms with E-state index in [4.69, 9.17) is 4.42 Å². The topological polar surface area (TPSA) is 16.4 Å². The number of rotatable bonds is 6. The van der Waals surface area contributed by atoms with Crippen molar-refractivity contribution in [2.75, 3.05) is 4.90 Å². The lowest BCUT2D eigenvalue weighted by Crippen LogP contribution is -2.10. The Morgan fingerprint density at radius 3 is 1.91 bits per heavy atom. The van der Waals surface area contributed by atoms with Crippen LogP contribution in [0.1, 0.15) is 0 Å². The molecule has 0 bridgehead atoms. The van der Waals surface area contributed by atoms with Crippen molar-refractivity contribution in [3.05, 3.63) is 200 Å². The van der Waals surface area contributed by atoms with Crippen molar-refractivity contribution in [3.63, 3.8) is 0 Å². The van der Waals surface area contributed by atoms with Gasteiger partial charge in [-0.2, -0.15) is 0 Å². The molecular weight excluding hydrogens is 687 g/mol. The normalized spacial score (nSPS) is 11.6. The number of hydrogen-bond donors (Lipinski definition) is 0. The molecule has 0 aliphatic rings. The Morgan fingerprint density at radius 2 is 1.02 bits per heavy atom. The van der Waals surface area contributed by atoms with E-state index in [9.17, 15) is 0 Å². The lowest BCUT2D eigenvalue weighted by molar-refractivity contribution is 0.669. The van der Waals surface area contributed by atoms with E-state index in [-0.39, 0.29) is 0 Å². The van der Waals surface area contributed by atoms with Gasteiger partial charge in [0.05, 0.1) is 10.4 Å². The zero-order valence-corrected chi connectivity index (χ0v) is 30.6. The van der Waals surface area contributed by atoms with Gasteiger partial charge >= 0.3 is 0 Å². The molecule has 0 saturated carbocycles. The number of fused-ring (bicyclic) bond motifs is 7. The Hall–Kier alpha value is -6.94. The van der Waals surface area contributed by atoms with Crippen LogP contribution < -0.4 is 4.90 Å². The molecule has 0 atom stereocenters. The summed E-state index contributed by atoms with van der Waals surface area (Å²) in [6.07, 6.45) is 0. The molecular formula is C52H33NOS.